The summed E-state index contributed by atoms with van der Waals surface area (Å²) >= 11 is 5.83. The van der Waals surface area contributed by atoms with Crippen LogP contribution in [0.4, 0.5) is 5.69 Å². The molecule has 0 bridgehead atoms. The van der Waals surface area contributed by atoms with Crippen molar-refractivity contribution < 1.29 is 9.53 Å². The summed E-state index contributed by atoms with van der Waals surface area (Å²) < 4.78 is 5.68. The Balaban J connectivity index is 1.90. The number of anilines is 1. The Kier molecular flexibility index (Phi) is 5.23. The molecule has 1 N–H and O–H groups in total. The van der Waals surface area contributed by atoms with Crippen molar-refractivity contribution in [2.45, 2.75) is 20.5 Å². The van der Waals surface area contributed by atoms with E-state index in [1.807, 2.05) is 62.4 Å². The molecule has 21 heavy (non-hydrogen) atoms. The molecule has 0 atom stereocenters. The molecule has 0 heterocycles. The number of amides is 1. The smallest absolute Gasteiger partial charge is 0.226 e. The lowest BCUT2D eigenvalue weighted by Crippen LogP contribution is -2.17. The van der Waals surface area contributed by atoms with Gasteiger partial charge in [-0.2, -0.15) is 0 Å². The summed E-state index contributed by atoms with van der Waals surface area (Å²) in [5.74, 6) is 0.725. The SMILES string of the molecule is CC(C)C(=O)Nc1ccc(OCc2ccc(Cl)cc2)cc1. The highest BCUT2D eigenvalue weighted by atomic mass is 35.5. The van der Waals surface area contributed by atoms with Crippen LogP contribution in [0, 0.1) is 5.92 Å². The summed E-state index contributed by atoms with van der Waals surface area (Å²) in [4.78, 5) is 11.6. The molecule has 0 saturated carbocycles. The number of ether oxygens (including phenoxy) is 1. The summed E-state index contributed by atoms with van der Waals surface area (Å²) in [7, 11) is 0. The fourth-order valence-electron chi connectivity index (χ4n) is 1.67. The van der Waals surface area contributed by atoms with Crippen LogP contribution in [0.2, 0.25) is 5.02 Å². The first-order valence-corrected chi connectivity index (χ1v) is 7.20. The Morgan fingerprint density at radius 3 is 2.29 bits per heavy atom. The molecule has 1 amide bonds. The lowest BCUT2D eigenvalue weighted by molar-refractivity contribution is -0.118. The van der Waals surface area contributed by atoms with Gasteiger partial charge in [0.1, 0.15) is 12.4 Å². The maximum absolute atomic E-state index is 11.6. The van der Waals surface area contributed by atoms with Crippen LogP contribution in [0.25, 0.3) is 0 Å². The zero-order chi connectivity index (χ0) is 15.2. The highest BCUT2D eigenvalue weighted by molar-refractivity contribution is 6.30. The first-order valence-electron chi connectivity index (χ1n) is 6.83. The number of carbonyl (C=O) groups excluding carboxylic acids is 1. The van der Waals surface area contributed by atoms with Crippen LogP contribution < -0.4 is 10.1 Å². The van der Waals surface area contributed by atoms with E-state index in [9.17, 15) is 4.79 Å². The molecule has 0 unspecified atom stereocenters. The average molecular weight is 304 g/mol. The maximum atomic E-state index is 11.6. The standard InChI is InChI=1S/C17H18ClNO2/c1-12(2)17(20)19-15-7-9-16(10-8-15)21-11-13-3-5-14(18)6-4-13/h3-10,12H,11H2,1-2H3,(H,19,20). The van der Waals surface area contributed by atoms with Crippen LogP contribution in [0.5, 0.6) is 5.75 Å². The number of rotatable bonds is 5. The number of benzene rings is 2. The maximum Gasteiger partial charge on any atom is 0.226 e. The number of halogens is 1. The molecule has 0 saturated heterocycles. The number of hydrogen-bond acceptors (Lipinski definition) is 2. The summed E-state index contributed by atoms with van der Waals surface area (Å²) in [5, 5.41) is 3.55. The van der Waals surface area contributed by atoms with Crippen molar-refractivity contribution >= 4 is 23.2 Å². The third kappa shape index (κ3) is 4.80. The molecule has 0 radical (unpaired) electrons. The minimum atomic E-state index is -0.0363. The molecule has 0 spiro atoms. The number of carbonyl (C=O) groups is 1. The van der Waals surface area contributed by atoms with Crippen molar-refractivity contribution in [3.8, 4) is 5.75 Å². The molecule has 2 rings (SSSR count). The molecule has 0 aliphatic carbocycles. The number of nitrogens with one attached hydrogen (secondary N) is 1. The van der Waals surface area contributed by atoms with Gasteiger partial charge in [0.2, 0.25) is 5.91 Å². The molecule has 3 nitrogen and oxygen atoms in total. The summed E-state index contributed by atoms with van der Waals surface area (Å²) in [6.07, 6.45) is 0. The third-order valence-electron chi connectivity index (χ3n) is 2.96. The van der Waals surface area contributed by atoms with Crippen LogP contribution in [0.3, 0.4) is 0 Å². The largest absolute Gasteiger partial charge is 0.489 e. The van der Waals surface area contributed by atoms with E-state index in [0.29, 0.717) is 11.6 Å². The fourth-order valence-corrected chi connectivity index (χ4v) is 1.79. The van der Waals surface area contributed by atoms with Gasteiger partial charge >= 0.3 is 0 Å². The zero-order valence-corrected chi connectivity index (χ0v) is 12.9. The quantitative estimate of drug-likeness (QED) is 0.882. The second-order valence-corrected chi connectivity index (χ2v) is 5.52. The highest BCUT2D eigenvalue weighted by Crippen LogP contribution is 2.18. The van der Waals surface area contributed by atoms with Crippen molar-refractivity contribution in [2.24, 2.45) is 5.92 Å². The molecule has 2 aromatic rings. The van der Waals surface area contributed by atoms with Crippen LogP contribution >= 0.6 is 11.6 Å². The molecule has 0 aliphatic heterocycles. The normalized spacial score (nSPS) is 10.5. The third-order valence-corrected chi connectivity index (χ3v) is 3.22. The second kappa shape index (κ2) is 7.14. The summed E-state index contributed by atoms with van der Waals surface area (Å²) in [6, 6.07) is 14.9. The van der Waals surface area contributed by atoms with Gasteiger partial charge in [0.15, 0.2) is 0 Å². The zero-order valence-electron chi connectivity index (χ0n) is 12.1. The number of hydrogen-bond donors (Lipinski definition) is 1. The van der Waals surface area contributed by atoms with E-state index >= 15 is 0 Å². The first kappa shape index (κ1) is 15.4. The second-order valence-electron chi connectivity index (χ2n) is 5.08. The van der Waals surface area contributed by atoms with E-state index in [4.69, 9.17) is 16.3 Å². The Morgan fingerprint density at radius 2 is 1.71 bits per heavy atom. The Bertz CT molecular complexity index is 591. The van der Waals surface area contributed by atoms with Crippen molar-refractivity contribution in [1.29, 1.82) is 0 Å². The molecule has 0 fully saturated rings. The van der Waals surface area contributed by atoms with Gasteiger partial charge in [0.25, 0.3) is 0 Å². The minimum Gasteiger partial charge on any atom is -0.489 e. The van der Waals surface area contributed by atoms with Gasteiger partial charge < -0.3 is 10.1 Å². The predicted molar refractivity (Wildman–Crippen MR) is 85.7 cm³/mol. The molecular weight excluding hydrogens is 286 g/mol. The molecular formula is C17H18ClNO2. The molecule has 110 valence electrons. The lowest BCUT2D eigenvalue weighted by Gasteiger charge is -2.09. The predicted octanol–water partition coefficient (Wildman–Crippen LogP) is 4.51. The molecule has 2 aromatic carbocycles. The topological polar surface area (TPSA) is 38.3 Å². The van der Waals surface area contributed by atoms with Gasteiger partial charge in [-0.05, 0) is 42.0 Å². The monoisotopic (exact) mass is 303 g/mol. The van der Waals surface area contributed by atoms with Crippen LogP contribution in [0.15, 0.2) is 48.5 Å². The summed E-state index contributed by atoms with van der Waals surface area (Å²) in [5.41, 5.74) is 1.82. The highest BCUT2D eigenvalue weighted by Gasteiger charge is 2.06. The van der Waals surface area contributed by atoms with Crippen LogP contribution in [-0.2, 0) is 11.4 Å². The fraction of sp³-hybridized carbons (Fsp3) is 0.235. The van der Waals surface area contributed by atoms with Crippen LogP contribution in [0.1, 0.15) is 19.4 Å². The first-order chi connectivity index (χ1) is 10.0. The summed E-state index contributed by atoms with van der Waals surface area (Å²) in [6.45, 7) is 4.20. The van der Waals surface area contributed by atoms with Gasteiger partial charge in [-0.1, -0.05) is 37.6 Å². The van der Waals surface area contributed by atoms with E-state index in [1.165, 1.54) is 0 Å². The van der Waals surface area contributed by atoms with Crippen LogP contribution in [-0.4, -0.2) is 5.91 Å². The van der Waals surface area contributed by atoms with Gasteiger partial charge in [-0.3, -0.25) is 4.79 Å². The lowest BCUT2D eigenvalue weighted by atomic mass is 10.2. The molecule has 0 aliphatic rings. The Labute approximate surface area is 129 Å². The van der Waals surface area contributed by atoms with Crippen molar-refractivity contribution in [3.63, 3.8) is 0 Å². The minimum absolute atomic E-state index is 0.00447. The van der Waals surface area contributed by atoms with E-state index in [0.717, 1.165) is 17.0 Å². The van der Waals surface area contributed by atoms with E-state index < -0.39 is 0 Å². The van der Waals surface area contributed by atoms with Gasteiger partial charge in [-0.25, -0.2) is 0 Å². The van der Waals surface area contributed by atoms with E-state index in [1.54, 1.807) is 0 Å². The molecule has 0 aromatic heterocycles. The average Bonchev–Trinajstić information content (AvgIpc) is 2.48. The Morgan fingerprint density at radius 1 is 1.10 bits per heavy atom. The van der Waals surface area contributed by atoms with Crippen molar-refractivity contribution in [3.05, 3.63) is 59.1 Å². The van der Waals surface area contributed by atoms with Gasteiger partial charge in [-0.15, -0.1) is 0 Å². The molecule has 4 heteroatoms. The van der Waals surface area contributed by atoms with Crippen molar-refractivity contribution in [2.75, 3.05) is 5.32 Å². The van der Waals surface area contributed by atoms with Gasteiger partial charge in [0, 0.05) is 16.6 Å². The van der Waals surface area contributed by atoms with E-state index in [-0.39, 0.29) is 11.8 Å². The van der Waals surface area contributed by atoms with Crippen molar-refractivity contribution in [1.82, 2.24) is 0 Å². The Hall–Kier alpha value is -2.00. The van der Waals surface area contributed by atoms with Gasteiger partial charge in [0.05, 0.1) is 0 Å². The van der Waals surface area contributed by atoms with E-state index in [2.05, 4.69) is 5.32 Å².